The van der Waals surface area contributed by atoms with Crippen molar-refractivity contribution in [3.8, 4) is 11.5 Å². The fourth-order valence-corrected chi connectivity index (χ4v) is 2.58. The summed E-state index contributed by atoms with van der Waals surface area (Å²) in [6.07, 6.45) is 0.688. The largest absolute Gasteiger partial charge is 0.419 e. The number of hydrogen-bond acceptors (Lipinski definition) is 5. The van der Waals surface area contributed by atoms with Crippen LogP contribution in [0.25, 0.3) is 11.5 Å². The molecule has 0 saturated carbocycles. The molecule has 24 heavy (non-hydrogen) atoms. The number of nitrogens with zero attached hydrogens (tertiary/aromatic N) is 3. The maximum absolute atomic E-state index is 9.13. The number of benzene rings is 2. The first-order chi connectivity index (χ1) is 11.8. The molecule has 0 aliphatic heterocycles. The van der Waals surface area contributed by atoms with Crippen molar-refractivity contribution in [1.82, 2.24) is 10.2 Å². The molecule has 124 valence electrons. The third-order valence-corrected chi connectivity index (χ3v) is 3.77. The summed E-state index contributed by atoms with van der Waals surface area (Å²) in [5, 5.41) is 17.5. The van der Waals surface area contributed by atoms with E-state index in [1.807, 2.05) is 61.5 Å². The van der Waals surface area contributed by atoms with Gasteiger partial charge in [-0.15, -0.1) is 10.2 Å². The molecule has 5 heteroatoms. The molecule has 0 aliphatic carbocycles. The van der Waals surface area contributed by atoms with Crippen LogP contribution in [0.1, 0.15) is 17.9 Å². The second-order valence-electron chi connectivity index (χ2n) is 5.70. The van der Waals surface area contributed by atoms with Gasteiger partial charge < -0.3 is 14.4 Å². The van der Waals surface area contributed by atoms with Gasteiger partial charge in [0.25, 0.3) is 0 Å². The first-order valence-electron chi connectivity index (χ1n) is 8.06. The van der Waals surface area contributed by atoms with Crippen LogP contribution in [0.5, 0.6) is 0 Å². The van der Waals surface area contributed by atoms with Gasteiger partial charge in [-0.25, -0.2) is 0 Å². The standard InChI is InChI=1S/C19H21N3O2/c1-15-7-5-8-16(13-15)19-21-20-18(24-19)14-22(11-6-12-23)17-9-3-2-4-10-17/h2-5,7-10,13,23H,6,11-12,14H2,1H3. The highest BCUT2D eigenvalue weighted by atomic mass is 16.4. The second kappa shape index (κ2) is 7.75. The van der Waals surface area contributed by atoms with E-state index >= 15 is 0 Å². The molecular weight excluding hydrogens is 302 g/mol. The Morgan fingerprint density at radius 1 is 1.04 bits per heavy atom. The summed E-state index contributed by atoms with van der Waals surface area (Å²) in [6, 6.07) is 18.0. The maximum atomic E-state index is 9.13. The molecule has 1 N–H and O–H groups in total. The highest BCUT2D eigenvalue weighted by molar-refractivity contribution is 5.53. The van der Waals surface area contributed by atoms with Crippen LogP contribution in [-0.4, -0.2) is 28.5 Å². The first kappa shape index (κ1) is 16.2. The predicted octanol–water partition coefficient (Wildman–Crippen LogP) is 3.43. The lowest BCUT2D eigenvalue weighted by Crippen LogP contribution is -2.24. The molecule has 0 fully saturated rings. The molecule has 0 atom stereocenters. The van der Waals surface area contributed by atoms with Crippen LogP contribution in [-0.2, 0) is 6.54 Å². The number of para-hydroxylation sites is 1. The fourth-order valence-electron chi connectivity index (χ4n) is 2.58. The minimum absolute atomic E-state index is 0.154. The van der Waals surface area contributed by atoms with Gasteiger partial charge in [0.05, 0.1) is 6.54 Å². The molecule has 1 aromatic heterocycles. The zero-order valence-electron chi connectivity index (χ0n) is 13.7. The molecule has 2 aromatic carbocycles. The maximum Gasteiger partial charge on any atom is 0.247 e. The van der Waals surface area contributed by atoms with Crippen LogP contribution in [0.3, 0.4) is 0 Å². The van der Waals surface area contributed by atoms with Crippen molar-refractivity contribution in [3.63, 3.8) is 0 Å². The monoisotopic (exact) mass is 323 g/mol. The molecule has 0 aliphatic rings. The highest BCUT2D eigenvalue weighted by Crippen LogP contribution is 2.21. The van der Waals surface area contributed by atoms with Gasteiger partial charge in [0.1, 0.15) is 0 Å². The topological polar surface area (TPSA) is 62.4 Å². The smallest absolute Gasteiger partial charge is 0.247 e. The number of rotatable bonds is 7. The van der Waals surface area contributed by atoms with E-state index in [1.165, 1.54) is 0 Å². The molecule has 0 amide bonds. The number of aryl methyl sites for hydroxylation is 1. The third kappa shape index (κ3) is 4.00. The predicted molar refractivity (Wildman–Crippen MR) is 93.7 cm³/mol. The van der Waals surface area contributed by atoms with Crippen molar-refractivity contribution in [1.29, 1.82) is 0 Å². The van der Waals surface area contributed by atoms with Gasteiger partial charge in [-0.2, -0.15) is 0 Å². The van der Waals surface area contributed by atoms with Crippen LogP contribution in [0.4, 0.5) is 5.69 Å². The summed E-state index contributed by atoms with van der Waals surface area (Å²) in [7, 11) is 0. The lowest BCUT2D eigenvalue weighted by Gasteiger charge is -2.22. The van der Waals surface area contributed by atoms with E-state index in [1.54, 1.807) is 0 Å². The molecule has 0 radical (unpaired) electrons. The van der Waals surface area contributed by atoms with Gasteiger partial charge in [0.2, 0.25) is 11.8 Å². The molecule has 0 saturated heterocycles. The Labute approximate surface area is 141 Å². The zero-order valence-corrected chi connectivity index (χ0v) is 13.7. The van der Waals surface area contributed by atoms with E-state index in [0.29, 0.717) is 24.7 Å². The number of aromatic nitrogens is 2. The Kier molecular flexibility index (Phi) is 5.23. The Morgan fingerprint density at radius 2 is 1.88 bits per heavy atom. The Balaban J connectivity index is 1.78. The van der Waals surface area contributed by atoms with E-state index in [4.69, 9.17) is 9.52 Å². The van der Waals surface area contributed by atoms with Gasteiger partial charge in [-0.3, -0.25) is 0 Å². The van der Waals surface area contributed by atoms with Gasteiger partial charge in [-0.1, -0.05) is 35.9 Å². The first-order valence-corrected chi connectivity index (χ1v) is 8.06. The highest BCUT2D eigenvalue weighted by Gasteiger charge is 2.13. The summed E-state index contributed by atoms with van der Waals surface area (Å²) < 4.78 is 5.83. The SMILES string of the molecule is Cc1cccc(-c2nnc(CN(CCCO)c3ccccc3)o2)c1. The number of hydrogen-bond donors (Lipinski definition) is 1. The van der Waals surface area contributed by atoms with Crippen LogP contribution >= 0.6 is 0 Å². The van der Waals surface area contributed by atoms with E-state index in [2.05, 4.69) is 15.1 Å². The number of aliphatic hydroxyl groups excluding tert-OH is 1. The lowest BCUT2D eigenvalue weighted by atomic mass is 10.1. The minimum Gasteiger partial charge on any atom is -0.419 e. The summed E-state index contributed by atoms with van der Waals surface area (Å²) in [5.41, 5.74) is 3.15. The molecule has 1 heterocycles. The van der Waals surface area contributed by atoms with Crippen molar-refractivity contribution < 1.29 is 9.52 Å². The summed E-state index contributed by atoms with van der Waals surface area (Å²) >= 11 is 0. The van der Waals surface area contributed by atoms with Gasteiger partial charge >= 0.3 is 0 Å². The Morgan fingerprint density at radius 3 is 2.62 bits per heavy atom. The summed E-state index contributed by atoms with van der Waals surface area (Å²) in [6.45, 7) is 3.43. The van der Waals surface area contributed by atoms with Gasteiger partial charge in [-0.05, 0) is 37.6 Å². The van der Waals surface area contributed by atoms with Gasteiger partial charge in [0.15, 0.2) is 0 Å². The lowest BCUT2D eigenvalue weighted by molar-refractivity contribution is 0.289. The second-order valence-corrected chi connectivity index (χ2v) is 5.70. The average molecular weight is 323 g/mol. The number of anilines is 1. The normalized spacial score (nSPS) is 10.8. The van der Waals surface area contributed by atoms with E-state index in [0.717, 1.165) is 23.4 Å². The van der Waals surface area contributed by atoms with Crippen LogP contribution in [0.15, 0.2) is 59.0 Å². The minimum atomic E-state index is 0.154. The molecule has 0 unspecified atom stereocenters. The Hall–Kier alpha value is -2.66. The van der Waals surface area contributed by atoms with Crippen LogP contribution in [0, 0.1) is 6.92 Å². The van der Waals surface area contributed by atoms with Crippen molar-refractivity contribution in [2.75, 3.05) is 18.1 Å². The van der Waals surface area contributed by atoms with Crippen molar-refractivity contribution in [2.24, 2.45) is 0 Å². The molecule has 0 spiro atoms. The Bertz CT molecular complexity index is 771. The summed E-state index contributed by atoms with van der Waals surface area (Å²) in [5.74, 6) is 1.09. The summed E-state index contributed by atoms with van der Waals surface area (Å²) in [4.78, 5) is 2.13. The number of aliphatic hydroxyl groups is 1. The van der Waals surface area contributed by atoms with E-state index < -0.39 is 0 Å². The fraction of sp³-hybridized carbons (Fsp3) is 0.263. The van der Waals surface area contributed by atoms with Crippen LogP contribution in [0.2, 0.25) is 0 Å². The van der Waals surface area contributed by atoms with E-state index in [9.17, 15) is 0 Å². The van der Waals surface area contributed by atoms with Crippen LogP contribution < -0.4 is 4.90 Å². The van der Waals surface area contributed by atoms with Crippen molar-refractivity contribution >= 4 is 5.69 Å². The quantitative estimate of drug-likeness (QED) is 0.722. The zero-order chi connectivity index (χ0) is 16.8. The molecule has 5 nitrogen and oxygen atoms in total. The van der Waals surface area contributed by atoms with Gasteiger partial charge in [0, 0.05) is 24.4 Å². The molecular formula is C19H21N3O2. The van der Waals surface area contributed by atoms with Crippen molar-refractivity contribution in [2.45, 2.75) is 19.9 Å². The molecule has 3 aromatic rings. The molecule has 3 rings (SSSR count). The van der Waals surface area contributed by atoms with Crippen molar-refractivity contribution in [3.05, 3.63) is 66.1 Å². The third-order valence-electron chi connectivity index (χ3n) is 3.77. The van der Waals surface area contributed by atoms with E-state index in [-0.39, 0.29) is 6.61 Å². The average Bonchev–Trinajstić information content (AvgIpc) is 3.08. The molecule has 0 bridgehead atoms.